The minimum absolute atomic E-state index is 0.0268. The van der Waals surface area contributed by atoms with Gasteiger partial charge in [-0.3, -0.25) is 4.79 Å². The number of halogens is 4. The number of carbonyl (C=O) groups is 1. The molecule has 3 atom stereocenters. The summed E-state index contributed by atoms with van der Waals surface area (Å²) in [5.41, 5.74) is -0.266. The summed E-state index contributed by atoms with van der Waals surface area (Å²) in [7, 11) is -3.41. The second-order valence-corrected chi connectivity index (χ2v) is 10.5. The number of alkyl halides is 2. The molecule has 0 spiro atoms. The molecule has 1 aliphatic carbocycles. The number of rotatable bonds is 6. The lowest BCUT2D eigenvalue weighted by Gasteiger charge is -2.33. The highest BCUT2D eigenvalue weighted by atomic mass is 32.2. The monoisotopic (exact) mass is 484 g/mol. The van der Waals surface area contributed by atoms with Crippen LogP contribution in [0.2, 0.25) is 0 Å². The van der Waals surface area contributed by atoms with Crippen LogP contribution in [0.1, 0.15) is 42.7 Å². The van der Waals surface area contributed by atoms with Crippen LogP contribution in [0.3, 0.4) is 0 Å². The number of likely N-dealkylation sites (tertiary alicyclic amines) is 1. The van der Waals surface area contributed by atoms with E-state index in [0.717, 1.165) is 24.5 Å². The maximum Gasteiger partial charge on any atom is 0.263 e. The van der Waals surface area contributed by atoms with Gasteiger partial charge >= 0.3 is 0 Å². The molecule has 0 aromatic heterocycles. The van der Waals surface area contributed by atoms with Crippen molar-refractivity contribution in [1.29, 1.82) is 0 Å². The van der Waals surface area contributed by atoms with E-state index in [1.54, 1.807) is 4.90 Å². The van der Waals surface area contributed by atoms with Gasteiger partial charge in [0.1, 0.15) is 11.6 Å². The minimum Gasteiger partial charge on any atom is -0.341 e. The van der Waals surface area contributed by atoms with Gasteiger partial charge in [-0.05, 0) is 54.5 Å². The summed E-state index contributed by atoms with van der Waals surface area (Å²) in [4.78, 5) is 14.7. The highest BCUT2D eigenvalue weighted by molar-refractivity contribution is 7.88. The van der Waals surface area contributed by atoms with Crippen molar-refractivity contribution in [3.8, 4) is 11.1 Å². The topological polar surface area (TPSA) is 66.5 Å². The third-order valence-electron chi connectivity index (χ3n) is 6.18. The zero-order valence-electron chi connectivity index (χ0n) is 17.9. The van der Waals surface area contributed by atoms with E-state index in [9.17, 15) is 30.8 Å². The SMILES string of the molecule is CS(=O)(=O)NC1CCCN(C(=O)C2CC2c2ccc(C(F)F)cc2-c2c(F)cccc2F)C1. The number of nitrogens with zero attached hydrogens (tertiary/aromatic N) is 1. The predicted octanol–water partition coefficient (Wildman–Crippen LogP) is 4.21. The molecule has 178 valence electrons. The van der Waals surface area contributed by atoms with E-state index in [-0.39, 0.29) is 41.1 Å². The Morgan fingerprint density at radius 3 is 2.48 bits per heavy atom. The molecule has 1 amide bonds. The lowest BCUT2D eigenvalue weighted by molar-refractivity contribution is -0.133. The van der Waals surface area contributed by atoms with Crippen LogP contribution in [-0.4, -0.2) is 44.6 Å². The smallest absolute Gasteiger partial charge is 0.263 e. The van der Waals surface area contributed by atoms with Crippen molar-refractivity contribution in [3.05, 3.63) is 59.2 Å². The van der Waals surface area contributed by atoms with E-state index in [2.05, 4.69) is 4.72 Å². The molecule has 4 rings (SSSR count). The molecular weight excluding hydrogens is 460 g/mol. The van der Waals surface area contributed by atoms with E-state index < -0.39 is 34.0 Å². The Balaban J connectivity index is 1.59. The Morgan fingerprint density at radius 2 is 1.85 bits per heavy atom. The Labute approximate surface area is 189 Å². The van der Waals surface area contributed by atoms with Gasteiger partial charge in [0.2, 0.25) is 15.9 Å². The van der Waals surface area contributed by atoms with Crippen molar-refractivity contribution < 1.29 is 30.8 Å². The molecule has 1 saturated carbocycles. The molecule has 3 unspecified atom stereocenters. The van der Waals surface area contributed by atoms with Crippen LogP contribution >= 0.6 is 0 Å². The summed E-state index contributed by atoms with van der Waals surface area (Å²) < 4.78 is 81.2. The summed E-state index contributed by atoms with van der Waals surface area (Å²) in [5.74, 6) is -2.71. The zero-order chi connectivity index (χ0) is 23.9. The third kappa shape index (κ3) is 5.22. The fraction of sp³-hybridized carbons (Fsp3) is 0.435. The number of piperidine rings is 1. The molecule has 0 bridgehead atoms. The quantitative estimate of drug-likeness (QED) is 0.625. The van der Waals surface area contributed by atoms with Gasteiger partial charge in [-0.2, -0.15) is 0 Å². The summed E-state index contributed by atoms with van der Waals surface area (Å²) in [6.07, 6.45) is -0.0490. The first kappa shape index (κ1) is 23.7. The summed E-state index contributed by atoms with van der Waals surface area (Å²) >= 11 is 0. The first-order valence-electron chi connectivity index (χ1n) is 10.7. The maximum atomic E-state index is 14.5. The normalized spacial score (nSPS) is 23.1. The van der Waals surface area contributed by atoms with Crippen LogP contribution in [0.5, 0.6) is 0 Å². The summed E-state index contributed by atoms with van der Waals surface area (Å²) in [6.45, 7) is 0.733. The number of benzene rings is 2. The van der Waals surface area contributed by atoms with Gasteiger partial charge in [-0.25, -0.2) is 30.7 Å². The van der Waals surface area contributed by atoms with Crippen molar-refractivity contribution in [3.63, 3.8) is 0 Å². The van der Waals surface area contributed by atoms with Gasteiger partial charge in [0.05, 0.1) is 11.8 Å². The van der Waals surface area contributed by atoms with Gasteiger partial charge < -0.3 is 4.90 Å². The largest absolute Gasteiger partial charge is 0.341 e. The van der Waals surface area contributed by atoms with Gasteiger partial charge in [0.25, 0.3) is 6.43 Å². The molecule has 10 heteroatoms. The highest BCUT2D eigenvalue weighted by Gasteiger charge is 2.47. The van der Waals surface area contributed by atoms with Crippen LogP contribution in [-0.2, 0) is 14.8 Å². The van der Waals surface area contributed by atoms with Gasteiger partial charge in [0.15, 0.2) is 0 Å². The molecule has 2 aromatic rings. The number of hydrogen-bond donors (Lipinski definition) is 1. The fourth-order valence-corrected chi connectivity index (χ4v) is 5.42. The minimum atomic E-state index is -3.41. The Kier molecular flexibility index (Phi) is 6.50. The molecule has 1 aliphatic heterocycles. The molecule has 2 aromatic carbocycles. The Bertz CT molecular complexity index is 1150. The van der Waals surface area contributed by atoms with Gasteiger partial charge in [0, 0.05) is 30.6 Å². The molecule has 1 heterocycles. The number of hydrogen-bond acceptors (Lipinski definition) is 3. The molecule has 33 heavy (non-hydrogen) atoms. The van der Waals surface area contributed by atoms with Crippen molar-refractivity contribution in [2.45, 2.75) is 37.6 Å². The number of amides is 1. The van der Waals surface area contributed by atoms with E-state index in [1.807, 2.05) is 0 Å². The molecule has 1 N–H and O–H groups in total. The zero-order valence-corrected chi connectivity index (χ0v) is 18.7. The average Bonchev–Trinajstić information content (AvgIpc) is 3.52. The van der Waals surface area contributed by atoms with Crippen molar-refractivity contribution in [2.24, 2.45) is 5.92 Å². The van der Waals surface area contributed by atoms with E-state index in [4.69, 9.17) is 0 Å². The molecule has 0 radical (unpaired) electrons. The van der Waals surface area contributed by atoms with Crippen molar-refractivity contribution in [2.75, 3.05) is 19.3 Å². The second-order valence-electron chi connectivity index (χ2n) is 8.71. The average molecular weight is 485 g/mol. The third-order valence-corrected chi connectivity index (χ3v) is 6.94. The molecule has 5 nitrogen and oxygen atoms in total. The van der Waals surface area contributed by atoms with Crippen LogP contribution in [0.25, 0.3) is 11.1 Å². The standard InChI is InChI=1S/C23H24F4N2O3S/c1-33(31,32)28-14-4-3-9-29(12-14)23(30)18-11-16(18)15-8-7-13(22(26)27)10-17(15)21-19(24)5-2-6-20(21)25/h2,5-8,10,14,16,18,22,28H,3-4,9,11-12H2,1H3. The lowest BCUT2D eigenvalue weighted by Crippen LogP contribution is -2.49. The maximum absolute atomic E-state index is 14.5. The van der Waals surface area contributed by atoms with Crippen LogP contribution < -0.4 is 4.72 Å². The van der Waals surface area contributed by atoms with Gasteiger partial charge in [-0.1, -0.05) is 18.2 Å². The van der Waals surface area contributed by atoms with E-state index >= 15 is 0 Å². The predicted molar refractivity (Wildman–Crippen MR) is 115 cm³/mol. The number of carbonyl (C=O) groups excluding carboxylic acids is 1. The Hall–Kier alpha value is -2.46. The molecule has 2 fully saturated rings. The van der Waals surface area contributed by atoms with Gasteiger partial charge in [-0.15, -0.1) is 0 Å². The summed E-state index contributed by atoms with van der Waals surface area (Å²) in [5, 5.41) is 0. The van der Waals surface area contributed by atoms with E-state index in [0.29, 0.717) is 31.4 Å². The first-order chi connectivity index (χ1) is 15.5. The number of nitrogens with one attached hydrogen (secondary N) is 1. The van der Waals surface area contributed by atoms with Crippen molar-refractivity contribution >= 4 is 15.9 Å². The fourth-order valence-electron chi connectivity index (χ4n) is 4.63. The van der Waals surface area contributed by atoms with Crippen molar-refractivity contribution in [1.82, 2.24) is 9.62 Å². The second kappa shape index (κ2) is 9.06. The lowest BCUT2D eigenvalue weighted by atomic mass is 9.93. The van der Waals surface area contributed by atoms with Crippen LogP contribution in [0.4, 0.5) is 17.6 Å². The molecular formula is C23H24F4N2O3S. The first-order valence-corrected chi connectivity index (χ1v) is 12.6. The van der Waals surface area contributed by atoms with Crippen LogP contribution in [0.15, 0.2) is 36.4 Å². The number of sulfonamides is 1. The molecule has 2 aliphatic rings. The molecule has 1 saturated heterocycles. The van der Waals surface area contributed by atoms with Crippen LogP contribution in [0, 0.1) is 17.6 Å². The Morgan fingerprint density at radius 1 is 1.15 bits per heavy atom. The summed E-state index contributed by atoms with van der Waals surface area (Å²) in [6, 6.07) is 6.69. The highest BCUT2D eigenvalue weighted by Crippen LogP contribution is 2.52. The van der Waals surface area contributed by atoms with E-state index in [1.165, 1.54) is 18.2 Å².